The maximum absolute atomic E-state index is 12.2. The van der Waals surface area contributed by atoms with Gasteiger partial charge < -0.3 is 15.4 Å². The van der Waals surface area contributed by atoms with Gasteiger partial charge >= 0.3 is 0 Å². The Morgan fingerprint density at radius 3 is 2.85 bits per heavy atom. The molecule has 20 heavy (non-hydrogen) atoms. The number of anilines is 2. The van der Waals surface area contributed by atoms with Gasteiger partial charge in [-0.2, -0.15) is 0 Å². The number of hydrogen-bond donors (Lipinski definition) is 2. The molecule has 0 aliphatic heterocycles. The fourth-order valence-corrected chi connectivity index (χ4v) is 1.75. The molecule has 1 aromatic heterocycles. The first-order chi connectivity index (χ1) is 9.74. The van der Waals surface area contributed by atoms with E-state index < -0.39 is 0 Å². The van der Waals surface area contributed by atoms with Crippen LogP contribution in [-0.4, -0.2) is 24.5 Å². The summed E-state index contributed by atoms with van der Waals surface area (Å²) in [4.78, 5) is 16.2. The van der Waals surface area contributed by atoms with E-state index in [0.29, 0.717) is 23.7 Å². The van der Waals surface area contributed by atoms with E-state index in [0.717, 1.165) is 5.69 Å². The van der Waals surface area contributed by atoms with Crippen LogP contribution < -0.4 is 15.4 Å². The molecule has 0 unspecified atom stereocenters. The van der Waals surface area contributed by atoms with Crippen LogP contribution in [0.2, 0.25) is 0 Å². The van der Waals surface area contributed by atoms with E-state index in [1.165, 1.54) is 0 Å². The number of benzene rings is 1. The number of nitrogens with one attached hydrogen (secondary N) is 2. The van der Waals surface area contributed by atoms with Crippen LogP contribution in [0, 0.1) is 0 Å². The molecule has 0 spiro atoms. The Labute approximate surface area is 118 Å². The highest BCUT2D eigenvalue weighted by molar-refractivity contribution is 6.04. The van der Waals surface area contributed by atoms with E-state index in [1.54, 1.807) is 31.4 Å². The smallest absolute Gasteiger partial charge is 0.274 e. The van der Waals surface area contributed by atoms with Gasteiger partial charge in [0.1, 0.15) is 11.4 Å². The molecule has 1 heterocycles. The van der Waals surface area contributed by atoms with Crippen molar-refractivity contribution in [2.24, 2.45) is 0 Å². The molecule has 0 aliphatic carbocycles. The number of ether oxygens (including phenoxy) is 1. The highest BCUT2D eigenvalue weighted by Gasteiger charge is 2.11. The molecule has 5 nitrogen and oxygen atoms in total. The van der Waals surface area contributed by atoms with Crippen LogP contribution >= 0.6 is 0 Å². The first kappa shape index (κ1) is 13.9. The van der Waals surface area contributed by atoms with Gasteiger partial charge in [0, 0.05) is 18.9 Å². The van der Waals surface area contributed by atoms with Gasteiger partial charge in [0.25, 0.3) is 5.91 Å². The van der Waals surface area contributed by atoms with Crippen LogP contribution in [0.3, 0.4) is 0 Å². The molecule has 0 saturated heterocycles. The largest absolute Gasteiger partial charge is 0.492 e. The van der Waals surface area contributed by atoms with Gasteiger partial charge in [-0.3, -0.25) is 9.78 Å². The normalized spacial score (nSPS) is 9.90. The quantitative estimate of drug-likeness (QED) is 0.877. The minimum Gasteiger partial charge on any atom is -0.492 e. The summed E-state index contributed by atoms with van der Waals surface area (Å²) in [6.07, 6.45) is 1.59. The van der Waals surface area contributed by atoms with Crippen LogP contribution in [0.25, 0.3) is 0 Å². The number of aromatic nitrogens is 1. The average molecular weight is 271 g/mol. The van der Waals surface area contributed by atoms with Gasteiger partial charge in [-0.1, -0.05) is 12.1 Å². The van der Waals surface area contributed by atoms with Crippen molar-refractivity contribution >= 4 is 17.3 Å². The van der Waals surface area contributed by atoms with Crippen LogP contribution in [0.1, 0.15) is 17.4 Å². The monoisotopic (exact) mass is 271 g/mol. The summed E-state index contributed by atoms with van der Waals surface area (Å²) in [6.45, 7) is 2.44. The number of hydrogen-bond acceptors (Lipinski definition) is 4. The topological polar surface area (TPSA) is 63.2 Å². The zero-order valence-corrected chi connectivity index (χ0v) is 11.5. The predicted octanol–water partition coefficient (Wildman–Crippen LogP) is 2.77. The van der Waals surface area contributed by atoms with Crippen LogP contribution in [-0.2, 0) is 0 Å². The summed E-state index contributed by atoms with van der Waals surface area (Å²) in [5.41, 5.74) is 1.82. The third-order valence-corrected chi connectivity index (χ3v) is 2.72. The molecule has 0 saturated carbocycles. The van der Waals surface area contributed by atoms with Gasteiger partial charge in [0.15, 0.2) is 0 Å². The number of carbonyl (C=O) groups is 1. The number of rotatable bonds is 5. The molecule has 2 aromatic rings. The zero-order valence-electron chi connectivity index (χ0n) is 11.5. The maximum Gasteiger partial charge on any atom is 0.274 e. The van der Waals surface area contributed by atoms with Gasteiger partial charge in [0.05, 0.1) is 12.3 Å². The number of pyridine rings is 1. The van der Waals surface area contributed by atoms with Crippen molar-refractivity contribution in [3.8, 4) is 5.75 Å². The van der Waals surface area contributed by atoms with Crippen molar-refractivity contribution in [1.82, 2.24) is 4.98 Å². The Morgan fingerprint density at radius 2 is 2.10 bits per heavy atom. The first-order valence-corrected chi connectivity index (χ1v) is 6.41. The molecule has 5 heteroatoms. The minimum absolute atomic E-state index is 0.269. The number of carbonyl (C=O) groups excluding carboxylic acids is 1. The highest BCUT2D eigenvalue weighted by atomic mass is 16.5. The number of amides is 1. The lowest BCUT2D eigenvalue weighted by atomic mass is 10.2. The molecule has 0 aliphatic rings. The summed E-state index contributed by atoms with van der Waals surface area (Å²) >= 11 is 0. The summed E-state index contributed by atoms with van der Waals surface area (Å²) in [7, 11) is 1.79. The van der Waals surface area contributed by atoms with E-state index in [9.17, 15) is 4.79 Å². The van der Waals surface area contributed by atoms with Crippen LogP contribution in [0.4, 0.5) is 11.4 Å². The summed E-state index contributed by atoms with van der Waals surface area (Å²) < 4.78 is 5.47. The second kappa shape index (κ2) is 6.56. The van der Waals surface area contributed by atoms with E-state index in [4.69, 9.17) is 4.74 Å². The van der Waals surface area contributed by atoms with Gasteiger partial charge in [-0.05, 0) is 31.2 Å². The molecule has 0 atom stereocenters. The van der Waals surface area contributed by atoms with Gasteiger partial charge in [0.2, 0.25) is 0 Å². The summed E-state index contributed by atoms with van der Waals surface area (Å²) in [5.74, 6) is 0.377. The fraction of sp³-hybridized carbons (Fsp3) is 0.200. The molecule has 1 amide bonds. The average Bonchev–Trinajstić information content (AvgIpc) is 2.49. The molecule has 2 rings (SSSR count). The van der Waals surface area contributed by atoms with Crippen molar-refractivity contribution < 1.29 is 9.53 Å². The van der Waals surface area contributed by atoms with E-state index >= 15 is 0 Å². The lowest BCUT2D eigenvalue weighted by molar-refractivity contribution is 0.102. The molecular formula is C15H17N3O2. The summed E-state index contributed by atoms with van der Waals surface area (Å²) in [6, 6.07) is 10.8. The predicted molar refractivity (Wildman–Crippen MR) is 79.3 cm³/mol. The fourth-order valence-electron chi connectivity index (χ4n) is 1.75. The molecule has 2 N–H and O–H groups in total. The SMILES string of the molecule is CCOc1ccccc1NC(=O)c1cc(NC)ccn1. The number of para-hydroxylation sites is 2. The van der Waals surface area contributed by atoms with Crippen molar-refractivity contribution in [3.63, 3.8) is 0 Å². The lowest BCUT2D eigenvalue weighted by Crippen LogP contribution is -2.14. The Balaban J connectivity index is 2.19. The second-order valence-corrected chi connectivity index (χ2v) is 4.06. The van der Waals surface area contributed by atoms with Crippen molar-refractivity contribution in [2.75, 3.05) is 24.3 Å². The van der Waals surface area contributed by atoms with Crippen LogP contribution in [0.5, 0.6) is 5.75 Å². The number of nitrogens with zero attached hydrogens (tertiary/aromatic N) is 1. The Bertz CT molecular complexity index is 599. The van der Waals surface area contributed by atoms with E-state index in [-0.39, 0.29) is 5.91 Å². The standard InChI is InChI=1S/C15H17N3O2/c1-3-20-14-7-5-4-6-12(14)18-15(19)13-10-11(16-2)8-9-17-13/h4-10H,3H2,1-2H3,(H,16,17)(H,18,19). The Hall–Kier alpha value is -2.56. The second-order valence-electron chi connectivity index (χ2n) is 4.06. The molecule has 0 fully saturated rings. The van der Waals surface area contributed by atoms with Crippen molar-refractivity contribution in [2.45, 2.75) is 6.92 Å². The van der Waals surface area contributed by atoms with Gasteiger partial charge in [-0.25, -0.2) is 0 Å². The Morgan fingerprint density at radius 1 is 1.30 bits per heavy atom. The van der Waals surface area contributed by atoms with Crippen molar-refractivity contribution in [3.05, 3.63) is 48.3 Å². The molecule has 0 radical (unpaired) electrons. The van der Waals surface area contributed by atoms with Crippen molar-refractivity contribution in [1.29, 1.82) is 0 Å². The third kappa shape index (κ3) is 3.26. The maximum atomic E-state index is 12.2. The highest BCUT2D eigenvalue weighted by Crippen LogP contribution is 2.24. The van der Waals surface area contributed by atoms with Gasteiger partial charge in [-0.15, -0.1) is 0 Å². The van der Waals surface area contributed by atoms with Crippen LogP contribution in [0.15, 0.2) is 42.6 Å². The lowest BCUT2D eigenvalue weighted by Gasteiger charge is -2.11. The third-order valence-electron chi connectivity index (χ3n) is 2.72. The first-order valence-electron chi connectivity index (χ1n) is 6.41. The molecule has 104 valence electrons. The summed E-state index contributed by atoms with van der Waals surface area (Å²) in [5, 5.41) is 5.78. The molecular weight excluding hydrogens is 254 g/mol. The zero-order chi connectivity index (χ0) is 14.4. The van der Waals surface area contributed by atoms with E-state index in [2.05, 4.69) is 15.6 Å². The molecule has 0 bridgehead atoms. The van der Waals surface area contributed by atoms with E-state index in [1.807, 2.05) is 25.1 Å². The minimum atomic E-state index is -0.269. The Kier molecular flexibility index (Phi) is 4.55. The molecule has 1 aromatic carbocycles.